The van der Waals surface area contributed by atoms with Gasteiger partial charge in [0, 0.05) is 6.54 Å². The third-order valence-corrected chi connectivity index (χ3v) is 2.45. The minimum atomic E-state index is -4.35. The number of halogens is 4. The van der Waals surface area contributed by atoms with E-state index in [1.54, 1.807) is 0 Å². The molecule has 1 aromatic rings. The molecule has 1 atom stereocenters. The number of hydrogen-bond acceptors (Lipinski definition) is 3. The number of alkyl halides is 3. The second kappa shape index (κ2) is 9.59. The van der Waals surface area contributed by atoms with Gasteiger partial charge in [0.1, 0.15) is 6.61 Å². The lowest BCUT2D eigenvalue weighted by Crippen LogP contribution is -2.43. The van der Waals surface area contributed by atoms with Crippen molar-refractivity contribution in [3.63, 3.8) is 0 Å². The van der Waals surface area contributed by atoms with Crippen LogP contribution in [0.5, 0.6) is 0 Å². The largest absolute Gasteiger partial charge is 0.411 e. The summed E-state index contributed by atoms with van der Waals surface area (Å²) in [5, 5.41) is 2.43. The third-order valence-electron chi connectivity index (χ3n) is 2.45. The summed E-state index contributed by atoms with van der Waals surface area (Å²) in [6, 6.07) is 8.49. The first-order chi connectivity index (χ1) is 9.38. The van der Waals surface area contributed by atoms with Crippen LogP contribution in [0.25, 0.3) is 0 Å². The van der Waals surface area contributed by atoms with Crippen LogP contribution in [0.4, 0.5) is 13.2 Å². The van der Waals surface area contributed by atoms with Crippen molar-refractivity contribution in [1.29, 1.82) is 0 Å². The molecule has 21 heavy (non-hydrogen) atoms. The number of carbonyl (C=O) groups excluding carboxylic acids is 1. The molecule has 0 saturated carbocycles. The Morgan fingerprint density at radius 2 is 1.90 bits per heavy atom. The number of carbonyl (C=O) groups is 1. The second-order valence-electron chi connectivity index (χ2n) is 4.26. The van der Waals surface area contributed by atoms with E-state index >= 15 is 0 Å². The molecule has 0 aliphatic rings. The average Bonchev–Trinajstić information content (AvgIpc) is 2.38. The lowest BCUT2D eigenvalue weighted by molar-refractivity contribution is -0.173. The SMILES string of the molecule is Cl.NC(Cc1ccccc1)C(=O)NCCOCC(F)(F)F. The molecule has 3 N–H and O–H groups in total. The van der Waals surface area contributed by atoms with E-state index in [9.17, 15) is 18.0 Å². The molecule has 0 radical (unpaired) electrons. The van der Waals surface area contributed by atoms with Crippen molar-refractivity contribution < 1.29 is 22.7 Å². The van der Waals surface area contributed by atoms with Crippen LogP contribution in [0, 0.1) is 0 Å². The summed E-state index contributed by atoms with van der Waals surface area (Å²) < 4.78 is 39.7. The normalized spacial score (nSPS) is 12.4. The summed E-state index contributed by atoms with van der Waals surface area (Å²) in [4.78, 5) is 11.6. The minimum absolute atomic E-state index is 0. The van der Waals surface area contributed by atoms with Gasteiger partial charge in [0.25, 0.3) is 0 Å². The van der Waals surface area contributed by atoms with E-state index in [-0.39, 0.29) is 25.6 Å². The predicted octanol–water partition coefficient (Wildman–Crippen LogP) is 1.67. The van der Waals surface area contributed by atoms with E-state index in [1.165, 1.54) is 0 Å². The molecule has 1 amide bonds. The summed E-state index contributed by atoms with van der Waals surface area (Å²) in [6.07, 6.45) is -3.98. The van der Waals surface area contributed by atoms with Gasteiger partial charge >= 0.3 is 6.18 Å². The molecule has 0 aliphatic heterocycles. The Morgan fingerprint density at radius 1 is 1.29 bits per heavy atom. The van der Waals surface area contributed by atoms with Crippen LogP contribution in [0.1, 0.15) is 5.56 Å². The van der Waals surface area contributed by atoms with E-state index in [1.807, 2.05) is 30.3 Å². The van der Waals surface area contributed by atoms with Crippen molar-refractivity contribution in [3.05, 3.63) is 35.9 Å². The topological polar surface area (TPSA) is 64.4 Å². The van der Waals surface area contributed by atoms with Gasteiger partial charge in [-0.05, 0) is 12.0 Å². The van der Waals surface area contributed by atoms with Gasteiger partial charge in [-0.2, -0.15) is 13.2 Å². The summed E-state index contributed by atoms with van der Waals surface area (Å²) in [7, 11) is 0. The van der Waals surface area contributed by atoms with E-state index in [0.29, 0.717) is 6.42 Å². The molecule has 0 aromatic heterocycles. The van der Waals surface area contributed by atoms with Crippen LogP contribution in [0.3, 0.4) is 0 Å². The van der Waals surface area contributed by atoms with Crippen LogP contribution >= 0.6 is 12.4 Å². The summed E-state index contributed by atoms with van der Waals surface area (Å²) in [5.74, 6) is -0.413. The highest BCUT2D eigenvalue weighted by Gasteiger charge is 2.27. The maximum atomic E-state index is 11.8. The molecule has 0 aliphatic carbocycles. The molecule has 4 nitrogen and oxygen atoms in total. The van der Waals surface area contributed by atoms with Crippen molar-refractivity contribution in [3.8, 4) is 0 Å². The highest BCUT2D eigenvalue weighted by molar-refractivity contribution is 5.85. The van der Waals surface area contributed by atoms with Crippen molar-refractivity contribution >= 4 is 18.3 Å². The van der Waals surface area contributed by atoms with Crippen LogP contribution in [-0.2, 0) is 16.0 Å². The van der Waals surface area contributed by atoms with Crippen molar-refractivity contribution in [2.75, 3.05) is 19.8 Å². The zero-order valence-corrected chi connectivity index (χ0v) is 12.0. The number of benzene rings is 1. The summed E-state index contributed by atoms with van der Waals surface area (Å²) in [6.45, 7) is -1.53. The monoisotopic (exact) mass is 326 g/mol. The Kier molecular flexibility index (Phi) is 9.00. The lowest BCUT2D eigenvalue weighted by atomic mass is 10.1. The average molecular weight is 327 g/mol. The van der Waals surface area contributed by atoms with E-state index < -0.39 is 24.7 Å². The molecule has 0 bridgehead atoms. The highest BCUT2D eigenvalue weighted by Crippen LogP contribution is 2.13. The number of nitrogens with two attached hydrogens (primary N) is 1. The van der Waals surface area contributed by atoms with Gasteiger partial charge in [-0.25, -0.2) is 0 Å². The molecule has 0 spiro atoms. The Balaban J connectivity index is 0.00000400. The van der Waals surface area contributed by atoms with E-state index in [2.05, 4.69) is 10.1 Å². The lowest BCUT2D eigenvalue weighted by Gasteiger charge is -2.13. The molecule has 1 rings (SSSR count). The second-order valence-corrected chi connectivity index (χ2v) is 4.26. The maximum absolute atomic E-state index is 11.8. The zero-order chi connectivity index (χ0) is 15.0. The predicted molar refractivity (Wildman–Crippen MR) is 75.3 cm³/mol. The molecule has 1 unspecified atom stereocenters. The molecular weight excluding hydrogens is 309 g/mol. The van der Waals surface area contributed by atoms with Gasteiger partial charge in [-0.15, -0.1) is 12.4 Å². The Labute approximate surface area is 127 Å². The highest BCUT2D eigenvalue weighted by atomic mass is 35.5. The van der Waals surface area contributed by atoms with Gasteiger partial charge in [-0.3, -0.25) is 4.79 Å². The number of rotatable bonds is 7. The summed E-state index contributed by atoms with van der Waals surface area (Å²) >= 11 is 0. The van der Waals surface area contributed by atoms with E-state index in [0.717, 1.165) is 5.56 Å². The molecular formula is C13H18ClF3N2O2. The van der Waals surface area contributed by atoms with Crippen LogP contribution in [0.15, 0.2) is 30.3 Å². The fraction of sp³-hybridized carbons (Fsp3) is 0.462. The van der Waals surface area contributed by atoms with Gasteiger partial charge in [-0.1, -0.05) is 30.3 Å². The molecule has 0 saturated heterocycles. The fourth-order valence-electron chi connectivity index (χ4n) is 1.53. The first-order valence-corrected chi connectivity index (χ1v) is 6.10. The Morgan fingerprint density at radius 3 is 2.48 bits per heavy atom. The smallest absolute Gasteiger partial charge is 0.370 e. The first-order valence-electron chi connectivity index (χ1n) is 6.10. The van der Waals surface area contributed by atoms with Crippen LogP contribution in [-0.4, -0.2) is 37.9 Å². The van der Waals surface area contributed by atoms with Crippen molar-refractivity contribution in [2.24, 2.45) is 5.73 Å². The Bertz CT molecular complexity index is 416. The number of amides is 1. The van der Waals surface area contributed by atoms with Gasteiger partial charge in [0.2, 0.25) is 5.91 Å². The van der Waals surface area contributed by atoms with Gasteiger partial charge in [0.15, 0.2) is 0 Å². The first kappa shape index (κ1) is 19.7. The third kappa shape index (κ3) is 9.28. The van der Waals surface area contributed by atoms with Crippen LogP contribution in [0.2, 0.25) is 0 Å². The Hall–Kier alpha value is -1.31. The molecule has 8 heteroatoms. The standard InChI is InChI=1S/C13H17F3N2O2.ClH/c14-13(15,16)9-20-7-6-18-12(19)11(17)8-10-4-2-1-3-5-10;/h1-5,11H,6-9,17H2,(H,18,19);1H. The fourth-order valence-corrected chi connectivity index (χ4v) is 1.53. The van der Waals surface area contributed by atoms with Gasteiger partial charge < -0.3 is 15.8 Å². The van der Waals surface area contributed by atoms with E-state index in [4.69, 9.17) is 5.73 Å². The van der Waals surface area contributed by atoms with Gasteiger partial charge in [0.05, 0.1) is 12.6 Å². The van der Waals surface area contributed by atoms with Crippen molar-refractivity contribution in [2.45, 2.75) is 18.6 Å². The molecule has 120 valence electrons. The van der Waals surface area contributed by atoms with Crippen LogP contribution < -0.4 is 11.1 Å². The quantitative estimate of drug-likeness (QED) is 0.749. The number of nitrogens with one attached hydrogen (secondary N) is 1. The summed E-state index contributed by atoms with van der Waals surface area (Å²) in [5.41, 5.74) is 6.62. The molecule has 1 aromatic carbocycles. The zero-order valence-electron chi connectivity index (χ0n) is 11.2. The number of ether oxygens (including phenoxy) is 1. The maximum Gasteiger partial charge on any atom is 0.411 e. The van der Waals surface area contributed by atoms with Crippen molar-refractivity contribution in [1.82, 2.24) is 5.32 Å². The minimum Gasteiger partial charge on any atom is -0.370 e. The molecule has 0 heterocycles. The molecule has 0 fully saturated rings. The number of hydrogen-bond donors (Lipinski definition) is 2.